The van der Waals surface area contributed by atoms with E-state index in [2.05, 4.69) is 20.9 Å². The van der Waals surface area contributed by atoms with Crippen LogP contribution in [0.25, 0.3) is 16.3 Å². The zero-order valence-electron chi connectivity index (χ0n) is 29.7. The maximum Gasteiger partial charge on any atom is 0.272 e. The van der Waals surface area contributed by atoms with Gasteiger partial charge in [-0.2, -0.15) is 0 Å². The molecule has 6 aromatic rings. The van der Waals surface area contributed by atoms with Gasteiger partial charge in [-0.25, -0.2) is 4.98 Å². The number of thiazole rings is 1. The highest BCUT2D eigenvalue weighted by atomic mass is 32.2. The van der Waals surface area contributed by atoms with Gasteiger partial charge < -0.3 is 34.9 Å². The lowest BCUT2D eigenvalue weighted by Crippen LogP contribution is -2.30. The third-order valence-electron chi connectivity index (χ3n) is 8.10. The molecule has 1 unspecified atom stereocenters. The van der Waals surface area contributed by atoms with Gasteiger partial charge in [0.15, 0.2) is 16.6 Å². The zero-order valence-corrected chi connectivity index (χ0v) is 31.4. The Kier molecular flexibility index (Phi) is 12.1. The van der Waals surface area contributed by atoms with Crippen LogP contribution in [0.4, 0.5) is 10.8 Å². The molecule has 0 aliphatic carbocycles. The summed E-state index contributed by atoms with van der Waals surface area (Å²) in [7, 11) is 6.10. The molecule has 6 rings (SSSR count). The number of methoxy groups -OCH3 is 4. The van der Waals surface area contributed by atoms with Gasteiger partial charge in [-0.1, -0.05) is 59.9 Å². The first kappa shape index (κ1) is 37.4. The summed E-state index contributed by atoms with van der Waals surface area (Å²) in [6.45, 7) is 0. The largest absolute Gasteiger partial charge is 0.497 e. The molecule has 0 radical (unpaired) electrons. The molecule has 1 aromatic heterocycles. The van der Waals surface area contributed by atoms with Gasteiger partial charge in [-0.05, 0) is 72.3 Å². The lowest BCUT2D eigenvalue weighted by atomic mass is 10.1. The van der Waals surface area contributed by atoms with Gasteiger partial charge >= 0.3 is 0 Å². The van der Waals surface area contributed by atoms with E-state index in [0.717, 1.165) is 20.7 Å². The summed E-state index contributed by atoms with van der Waals surface area (Å²) in [4.78, 5) is 46.2. The molecule has 0 aliphatic heterocycles. The molecule has 0 aliphatic rings. The quantitative estimate of drug-likeness (QED) is 0.0741. The zero-order chi connectivity index (χ0) is 38.0. The van der Waals surface area contributed by atoms with Gasteiger partial charge in [-0.3, -0.25) is 14.4 Å². The van der Waals surface area contributed by atoms with Crippen LogP contribution in [-0.2, 0) is 9.59 Å². The fourth-order valence-corrected chi connectivity index (χ4v) is 7.29. The van der Waals surface area contributed by atoms with Crippen molar-refractivity contribution in [3.8, 4) is 23.0 Å². The minimum Gasteiger partial charge on any atom is -0.497 e. The van der Waals surface area contributed by atoms with Gasteiger partial charge in [0.25, 0.3) is 11.8 Å². The Morgan fingerprint density at radius 3 is 2.06 bits per heavy atom. The Balaban J connectivity index is 1.23. The van der Waals surface area contributed by atoms with E-state index >= 15 is 0 Å². The number of amides is 3. The smallest absolute Gasteiger partial charge is 0.272 e. The summed E-state index contributed by atoms with van der Waals surface area (Å²) >= 11 is 2.73. The second-order valence-electron chi connectivity index (χ2n) is 11.6. The van der Waals surface area contributed by atoms with Gasteiger partial charge in [0.1, 0.15) is 22.4 Å². The summed E-state index contributed by atoms with van der Waals surface area (Å²) in [5.41, 5.74) is 2.84. The molecule has 54 heavy (non-hydrogen) atoms. The van der Waals surface area contributed by atoms with Crippen LogP contribution in [0.5, 0.6) is 23.0 Å². The summed E-state index contributed by atoms with van der Waals surface area (Å²) < 4.78 is 22.6. The number of thioether (sulfide) groups is 1. The Morgan fingerprint density at radius 1 is 0.722 bits per heavy atom. The lowest BCUT2D eigenvalue weighted by molar-refractivity contribution is -0.116. The molecule has 3 amide bonds. The Morgan fingerprint density at radius 2 is 1.39 bits per heavy atom. The van der Waals surface area contributed by atoms with Crippen molar-refractivity contribution in [1.29, 1.82) is 0 Å². The Hall–Kier alpha value is -6.31. The van der Waals surface area contributed by atoms with Crippen molar-refractivity contribution in [3.05, 3.63) is 138 Å². The minimum atomic E-state index is -0.604. The maximum absolute atomic E-state index is 13.8. The molecule has 1 heterocycles. The predicted molar refractivity (Wildman–Crippen MR) is 213 cm³/mol. The Labute approximate surface area is 320 Å². The van der Waals surface area contributed by atoms with E-state index in [9.17, 15) is 14.4 Å². The molecule has 5 aromatic carbocycles. The van der Waals surface area contributed by atoms with Crippen molar-refractivity contribution in [1.82, 2.24) is 10.3 Å². The van der Waals surface area contributed by atoms with Crippen LogP contribution in [0, 0.1) is 0 Å². The van der Waals surface area contributed by atoms with Gasteiger partial charge in [0.05, 0.1) is 38.7 Å². The SMILES string of the molecule is COc1ccc2nc(NC(=O)C(Sc3ccc(NC(=O)/C(=C/c4cc(OC)c(OC)cc4OC)NC(=O)c4ccccc4)cc3)c3ccccc3)sc2c1. The standard InChI is InChI=1S/C41H36N4O7S2/c1-49-29-17-20-31-36(23-29)54-41(44-31)45-40(48)37(25-11-7-5-8-12-25)53-30-18-15-28(16-19-30)42-39(47)32(43-38(46)26-13-9-6-10-14-26)21-27-22-34(51-3)35(52-4)24-33(27)50-2/h5-24,37H,1-4H3,(H,42,47)(H,43,46)(H,44,45,48)/b32-21-. The van der Waals surface area contributed by atoms with E-state index in [1.165, 1.54) is 50.5 Å². The van der Waals surface area contributed by atoms with E-state index in [1.807, 2.05) is 60.7 Å². The number of hydrogen-bond acceptors (Lipinski definition) is 10. The van der Waals surface area contributed by atoms with E-state index < -0.39 is 17.1 Å². The second kappa shape index (κ2) is 17.5. The molecule has 3 N–H and O–H groups in total. The van der Waals surface area contributed by atoms with Crippen LogP contribution >= 0.6 is 23.1 Å². The molecular formula is C41H36N4O7S2. The molecule has 0 saturated heterocycles. The van der Waals surface area contributed by atoms with E-state index in [1.54, 1.807) is 61.7 Å². The molecule has 13 heteroatoms. The van der Waals surface area contributed by atoms with E-state index in [4.69, 9.17) is 18.9 Å². The third kappa shape index (κ3) is 9.00. The third-order valence-corrected chi connectivity index (χ3v) is 10.3. The number of fused-ring (bicyclic) bond motifs is 1. The lowest BCUT2D eigenvalue weighted by Gasteiger charge is -2.17. The van der Waals surface area contributed by atoms with Crippen molar-refractivity contribution in [2.24, 2.45) is 0 Å². The molecule has 0 fully saturated rings. The normalized spacial score (nSPS) is 11.7. The number of rotatable bonds is 14. The number of anilines is 2. The molecule has 0 bridgehead atoms. The van der Waals surface area contributed by atoms with Crippen LogP contribution < -0.4 is 34.9 Å². The first-order valence-corrected chi connectivity index (χ1v) is 18.2. The summed E-state index contributed by atoms with van der Waals surface area (Å²) in [6.07, 6.45) is 1.51. The number of ether oxygens (including phenoxy) is 4. The average molecular weight is 761 g/mol. The second-order valence-corrected chi connectivity index (χ2v) is 13.8. The fourth-order valence-electron chi connectivity index (χ4n) is 5.37. The average Bonchev–Trinajstić information content (AvgIpc) is 3.61. The van der Waals surface area contributed by atoms with Crippen molar-refractivity contribution >= 4 is 67.9 Å². The minimum absolute atomic E-state index is 0.0399. The van der Waals surface area contributed by atoms with Crippen LogP contribution in [0.2, 0.25) is 0 Å². The van der Waals surface area contributed by atoms with Crippen molar-refractivity contribution in [2.75, 3.05) is 39.1 Å². The number of nitrogens with zero attached hydrogens (tertiary/aromatic N) is 1. The van der Waals surface area contributed by atoms with Crippen LogP contribution in [0.1, 0.15) is 26.7 Å². The van der Waals surface area contributed by atoms with Crippen LogP contribution in [0.3, 0.4) is 0 Å². The summed E-state index contributed by atoms with van der Waals surface area (Å²) in [5, 5.41) is 8.49. The molecule has 0 saturated carbocycles. The van der Waals surface area contributed by atoms with Crippen molar-refractivity contribution < 1.29 is 33.3 Å². The molecule has 0 spiro atoms. The molecular weight excluding hydrogens is 725 g/mol. The van der Waals surface area contributed by atoms with E-state index in [-0.39, 0.29) is 11.6 Å². The highest BCUT2D eigenvalue weighted by Crippen LogP contribution is 2.38. The fraction of sp³-hybridized carbons (Fsp3) is 0.122. The summed E-state index contributed by atoms with van der Waals surface area (Å²) in [5.74, 6) is 0.676. The number of nitrogens with one attached hydrogen (secondary N) is 3. The highest BCUT2D eigenvalue weighted by Gasteiger charge is 2.24. The maximum atomic E-state index is 13.8. The number of benzene rings is 5. The number of aromatic nitrogens is 1. The first-order valence-electron chi connectivity index (χ1n) is 16.5. The topological polar surface area (TPSA) is 137 Å². The van der Waals surface area contributed by atoms with Crippen molar-refractivity contribution in [2.45, 2.75) is 10.1 Å². The number of hydrogen-bond donors (Lipinski definition) is 3. The van der Waals surface area contributed by atoms with Crippen LogP contribution in [0.15, 0.2) is 126 Å². The van der Waals surface area contributed by atoms with Gasteiger partial charge in [0.2, 0.25) is 5.91 Å². The van der Waals surface area contributed by atoms with Gasteiger partial charge in [-0.15, -0.1) is 11.8 Å². The number of carbonyl (C=O) groups is 3. The van der Waals surface area contributed by atoms with Crippen LogP contribution in [-0.4, -0.2) is 51.1 Å². The highest BCUT2D eigenvalue weighted by molar-refractivity contribution is 8.00. The molecule has 11 nitrogen and oxygen atoms in total. The Bertz CT molecular complexity index is 2300. The summed E-state index contributed by atoms with van der Waals surface area (Å²) in [6, 6.07) is 34.0. The molecule has 1 atom stereocenters. The predicted octanol–water partition coefficient (Wildman–Crippen LogP) is 8.21. The van der Waals surface area contributed by atoms with Crippen molar-refractivity contribution in [3.63, 3.8) is 0 Å². The van der Waals surface area contributed by atoms with Gasteiger partial charge in [0, 0.05) is 27.8 Å². The monoisotopic (exact) mass is 760 g/mol. The number of carbonyl (C=O) groups excluding carboxylic acids is 3. The van der Waals surface area contributed by atoms with E-state index in [0.29, 0.717) is 44.9 Å². The first-order chi connectivity index (χ1) is 26.3. The molecule has 274 valence electrons.